The lowest BCUT2D eigenvalue weighted by Gasteiger charge is -2.18. The Morgan fingerprint density at radius 1 is 1.21 bits per heavy atom. The first-order chi connectivity index (χ1) is 14.1. The molecule has 150 valence electrons. The molecule has 1 aliphatic rings. The molecule has 0 radical (unpaired) electrons. The molecule has 1 aliphatic carbocycles. The second-order valence-corrected chi connectivity index (χ2v) is 8.49. The number of rotatable bonds is 7. The molecule has 0 unspecified atom stereocenters. The number of fused-ring (bicyclic) bond motifs is 1. The fourth-order valence-electron chi connectivity index (χ4n) is 3.47. The minimum atomic E-state index is -0.0489. The van der Waals surface area contributed by atoms with Crippen LogP contribution in [0.1, 0.15) is 49.4 Å². The predicted octanol–water partition coefficient (Wildman–Crippen LogP) is 4.40. The highest BCUT2D eigenvalue weighted by Crippen LogP contribution is 2.36. The van der Waals surface area contributed by atoms with Crippen LogP contribution in [0.5, 0.6) is 0 Å². The molecule has 29 heavy (non-hydrogen) atoms. The molecule has 0 aliphatic heterocycles. The maximum absolute atomic E-state index is 12.9. The summed E-state index contributed by atoms with van der Waals surface area (Å²) in [5.74, 6) is 0.187. The lowest BCUT2D eigenvalue weighted by Crippen LogP contribution is -2.30. The highest BCUT2D eigenvalue weighted by atomic mass is 32.2. The Balaban J connectivity index is 1.50. The van der Waals surface area contributed by atoms with E-state index in [1.165, 1.54) is 17.3 Å². The predicted molar refractivity (Wildman–Crippen MR) is 117 cm³/mol. The molecule has 2 aromatic carbocycles. The van der Waals surface area contributed by atoms with Crippen molar-refractivity contribution in [2.75, 3.05) is 5.75 Å². The largest absolute Gasteiger partial charge is 0.349 e. The summed E-state index contributed by atoms with van der Waals surface area (Å²) in [6.45, 7) is 4.11. The molecular weight excluding hydrogens is 382 g/mol. The van der Waals surface area contributed by atoms with E-state index < -0.39 is 0 Å². The van der Waals surface area contributed by atoms with E-state index in [0.29, 0.717) is 16.1 Å². The molecule has 1 atom stereocenters. The molecule has 0 spiro atoms. The fourth-order valence-corrected chi connectivity index (χ4v) is 4.35. The van der Waals surface area contributed by atoms with E-state index in [2.05, 4.69) is 48.4 Å². The molecular formula is C23H25N3O2S. The Morgan fingerprint density at radius 3 is 2.62 bits per heavy atom. The summed E-state index contributed by atoms with van der Waals surface area (Å²) in [5, 5.41) is 4.39. The van der Waals surface area contributed by atoms with Crippen LogP contribution in [0.25, 0.3) is 10.9 Å². The number of hydrogen-bond acceptors (Lipinski definition) is 4. The van der Waals surface area contributed by atoms with Gasteiger partial charge in [0.15, 0.2) is 5.16 Å². The van der Waals surface area contributed by atoms with Gasteiger partial charge in [0.05, 0.1) is 22.7 Å². The van der Waals surface area contributed by atoms with E-state index in [0.717, 1.165) is 24.8 Å². The number of benzene rings is 2. The molecule has 6 heteroatoms. The normalized spacial score (nSPS) is 14.7. The summed E-state index contributed by atoms with van der Waals surface area (Å²) in [4.78, 5) is 30.2. The minimum Gasteiger partial charge on any atom is -0.349 e. The zero-order valence-corrected chi connectivity index (χ0v) is 17.5. The van der Waals surface area contributed by atoms with Gasteiger partial charge in [-0.2, -0.15) is 0 Å². The van der Waals surface area contributed by atoms with Crippen molar-refractivity contribution in [2.45, 2.75) is 50.4 Å². The van der Waals surface area contributed by atoms with Gasteiger partial charge in [-0.15, -0.1) is 0 Å². The summed E-state index contributed by atoms with van der Waals surface area (Å²) < 4.78 is 1.78. The molecule has 1 heterocycles. The lowest BCUT2D eigenvalue weighted by molar-refractivity contribution is -0.119. The number of carbonyl (C=O) groups is 1. The highest BCUT2D eigenvalue weighted by Gasteiger charge is 2.28. The van der Waals surface area contributed by atoms with Crippen molar-refractivity contribution in [1.29, 1.82) is 0 Å². The van der Waals surface area contributed by atoms with Gasteiger partial charge in [-0.3, -0.25) is 14.2 Å². The van der Waals surface area contributed by atoms with Gasteiger partial charge in [0, 0.05) is 6.04 Å². The number of thioether (sulfide) groups is 1. The Hall–Kier alpha value is -2.60. The average Bonchev–Trinajstić information content (AvgIpc) is 3.56. The Morgan fingerprint density at radius 2 is 1.93 bits per heavy atom. The van der Waals surface area contributed by atoms with E-state index in [9.17, 15) is 9.59 Å². The second kappa shape index (κ2) is 8.41. The molecule has 1 fully saturated rings. The van der Waals surface area contributed by atoms with E-state index >= 15 is 0 Å². The van der Waals surface area contributed by atoms with Gasteiger partial charge in [0.2, 0.25) is 5.91 Å². The number of para-hydroxylation sites is 1. The first-order valence-electron chi connectivity index (χ1n) is 10.1. The third-order valence-electron chi connectivity index (χ3n) is 5.24. The van der Waals surface area contributed by atoms with Crippen LogP contribution in [0.4, 0.5) is 0 Å². The van der Waals surface area contributed by atoms with Crippen LogP contribution in [0, 0.1) is 6.92 Å². The second-order valence-electron chi connectivity index (χ2n) is 7.55. The lowest BCUT2D eigenvalue weighted by atomic mass is 10.0. The quantitative estimate of drug-likeness (QED) is 0.466. The van der Waals surface area contributed by atoms with Crippen LogP contribution in [-0.2, 0) is 4.79 Å². The maximum atomic E-state index is 12.9. The zero-order valence-electron chi connectivity index (χ0n) is 16.7. The van der Waals surface area contributed by atoms with E-state index in [-0.39, 0.29) is 29.3 Å². The van der Waals surface area contributed by atoms with Crippen LogP contribution in [0.2, 0.25) is 0 Å². The van der Waals surface area contributed by atoms with Gasteiger partial charge in [-0.1, -0.05) is 60.6 Å². The SMILES string of the molecule is CC[C@H](NC(=O)CSc1nc2ccccc2c(=O)n1C1CC1)c1ccc(C)cc1. The standard InChI is InChI=1S/C23H25N3O2S/c1-3-19(16-10-8-15(2)9-11-16)24-21(27)14-29-23-25-20-7-5-4-6-18(20)22(28)26(23)17-12-13-17/h4-11,17,19H,3,12-14H2,1-2H3,(H,24,27)/t19-/m0/s1. The van der Waals surface area contributed by atoms with Crippen LogP contribution < -0.4 is 10.9 Å². The topological polar surface area (TPSA) is 64.0 Å². The number of carbonyl (C=O) groups excluding carboxylic acids is 1. The van der Waals surface area contributed by atoms with Gasteiger partial charge in [-0.25, -0.2) is 4.98 Å². The van der Waals surface area contributed by atoms with E-state index in [1.54, 1.807) is 4.57 Å². The number of nitrogens with zero attached hydrogens (tertiary/aromatic N) is 2. The van der Waals surface area contributed by atoms with Gasteiger partial charge in [0.25, 0.3) is 5.56 Å². The number of nitrogens with one attached hydrogen (secondary N) is 1. The van der Waals surface area contributed by atoms with E-state index in [1.807, 2.05) is 24.3 Å². The first-order valence-corrected chi connectivity index (χ1v) is 11.1. The van der Waals surface area contributed by atoms with Gasteiger partial charge in [0.1, 0.15) is 0 Å². The summed E-state index contributed by atoms with van der Waals surface area (Å²) in [5.41, 5.74) is 2.98. The fraction of sp³-hybridized carbons (Fsp3) is 0.348. The van der Waals surface area contributed by atoms with Crippen molar-refractivity contribution in [3.8, 4) is 0 Å². The molecule has 0 bridgehead atoms. The molecule has 3 aromatic rings. The molecule has 1 saturated carbocycles. The zero-order chi connectivity index (χ0) is 20.4. The number of hydrogen-bond donors (Lipinski definition) is 1. The van der Waals surface area contributed by atoms with Gasteiger partial charge >= 0.3 is 0 Å². The number of amides is 1. The van der Waals surface area contributed by atoms with Crippen LogP contribution in [0.15, 0.2) is 58.5 Å². The molecule has 1 N–H and O–H groups in total. The van der Waals surface area contributed by atoms with Crippen molar-refractivity contribution in [3.05, 3.63) is 70.0 Å². The number of aryl methyl sites for hydroxylation is 1. The van der Waals surface area contributed by atoms with Gasteiger partial charge < -0.3 is 5.32 Å². The van der Waals surface area contributed by atoms with Crippen LogP contribution in [0.3, 0.4) is 0 Å². The summed E-state index contributed by atoms with van der Waals surface area (Å²) in [6, 6.07) is 15.8. The average molecular weight is 408 g/mol. The van der Waals surface area contributed by atoms with E-state index in [4.69, 9.17) is 0 Å². The summed E-state index contributed by atoms with van der Waals surface area (Å²) >= 11 is 1.34. The third-order valence-corrected chi connectivity index (χ3v) is 6.20. The van der Waals surface area contributed by atoms with Crippen molar-refractivity contribution in [3.63, 3.8) is 0 Å². The maximum Gasteiger partial charge on any atom is 0.262 e. The minimum absolute atomic E-state index is 0.00732. The van der Waals surface area contributed by atoms with Crippen molar-refractivity contribution in [1.82, 2.24) is 14.9 Å². The highest BCUT2D eigenvalue weighted by molar-refractivity contribution is 7.99. The molecule has 0 saturated heterocycles. The smallest absolute Gasteiger partial charge is 0.262 e. The Bertz CT molecular complexity index is 1090. The number of aromatic nitrogens is 2. The van der Waals surface area contributed by atoms with Gasteiger partial charge in [-0.05, 0) is 43.9 Å². The van der Waals surface area contributed by atoms with Crippen LogP contribution in [-0.4, -0.2) is 21.2 Å². The Labute approximate surface area is 174 Å². The molecule has 4 rings (SSSR count). The Kier molecular flexibility index (Phi) is 5.72. The van der Waals surface area contributed by atoms with Crippen LogP contribution >= 0.6 is 11.8 Å². The monoisotopic (exact) mass is 407 g/mol. The first kappa shape index (κ1) is 19.7. The van der Waals surface area contributed by atoms with Crippen molar-refractivity contribution >= 4 is 28.6 Å². The third kappa shape index (κ3) is 4.37. The van der Waals surface area contributed by atoms with Crippen molar-refractivity contribution in [2.24, 2.45) is 0 Å². The molecule has 5 nitrogen and oxygen atoms in total. The molecule has 1 amide bonds. The van der Waals surface area contributed by atoms with Crippen molar-refractivity contribution < 1.29 is 4.79 Å². The molecule has 1 aromatic heterocycles. The summed E-state index contributed by atoms with van der Waals surface area (Å²) in [7, 11) is 0. The summed E-state index contributed by atoms with van der Waals surface area (Å²) in [6.07, 6.45) is 2.80.